The van der Waals surface area contributed by atoms with Gasteiger partial charge in [-0.3, -0.25) is 0 Å². The van der Waals surface area contributed by atoms with E-state index < -0.39 is 11.7 Å². The molecule has 0 saturated heterocycles. The predicted octanol–water partition coefficient (Wildman–Crippen LogP) is 4.65. The molecular formula is C19H20BF3. The molecule has 23 heavy (non-hydrogen) atoms. The first-order valence-electron chi connectivity index (χ1n) is 8.28. The van der Waals surface area contributed by atoms with Gasteiger partial charge in [0.15, 0.2) is 0 Å². The molecule has 0 aliphatic heterocycles. The Labute approximate surface area is 135 Å². The van der Waals surface area contributed by atoms with E-state index in [9.17, 15) is 13.2 Å². The van der Waals surface area contributed by atoms with E-state index in [4.69, 9.17) is 0 Å². The lowest BCUT2D eigenvalue weighted by molar-refractivity contribution is -0.136. The summed E-state index contributed by atoms with van der Waals surface area (Å²) in [4.78, 5) is 0. The minimum Gasteiger partial charge on any atom is -0.166 e. The van der Waals surface area contributed by atoms with Gasteiger partial charge in [0.05, 0.1) is 5.56 Å². The number of halogens is 3. The van der Waals surface area contributed by atoms with Gasteiger partial charge in [-0.25, -0.2) is 0 Å². The van der Waals surface area contributed by atoms with Crippen LogP contribution in [0.15, 0.2) is 54.6 Å². The summed E-state index contributed by atoms with van der Waals surface area (Å²) in [5.74, 6) is 0.287. The Morgan fingerprint density at radius 1 is 0.783 bits per heavy atom. The van der Waals surface area contributed by atoms with E-state index in [0.29, 0.717) is 5.46 Å². The van der Waals surface area contributed by atoms with Crippen LogP contribution in [0, 0.1) is 0 Å². The summed E-state index contributed by atoms with van der Waals surface area (Å²) < 4.78 is 40.5. The van der Waals surface area contributed by atoms with Gasteiger partial charge in [0.25, 0.3) is 0 Å². The molecule has 0 heterocycles. The maximum absolute atomic E-state index is 13.5. The van der Waals surface area contributed by atoms with Crippen LogP contribution in [0.2, 0.25) is 5.82 Å². The van der Waals surface area contributed by atoms with Gasteiger partial charge in [-0.1, -0.05) is 103 Å². The molecule has 0 atom stereocenters. The zero-order valence-corrected chi connectivity index (χ0v) is 13.0. The lowest BCUT2D eigenvalue weighted by Crippen LogP contribution is -2.49. The van der Waals surface area contributed by atoms with Crippen LogP contribution in [-0.4, -0.2) is 6.71 Å². The summed E-state index contributed by atoms with van der Waals surface area (Å²) in [5.41, 5.74) is 0.939. The number of alkyl halides is 3. The van der Waals surface area contributed by atoms with Crippen molar-refractivity contribution in [2.45, 2.75) is 44.1 Å². The molecule has 2 aromatic carbocycles. The Balaban J connectivity index is 2.09. The van der Waals surface area contributed by atoms with Crippen molar-refractivity contribution in [2.24, 2.45) is 0 Å². The molecule has 0 spiro atoms. The van der Waals surface area contributed by atoms with E-state index in [0.717, 1.165) is 31.1 Å². The second-order valence-corrected chi connectivity index (χ2v) is 6.37. The summed E-state index contributed by atoms with van der Waals surface area (Å²) in [6.07, 6.45) is 1.12. The molecule has 0 radical (unpaired) electrons. The summed E-state index contributed by atoms with van der Waals surface area (Å²) in [7, 11) is 0. The molecule has 0 nitrogen and oxygen atoms in total. The van der Waals surface area contributed by atoms with Crippen LogP contribution >= 0.6 is 0 Å². The summed E-state index contributed by atoms with van der Waals surface area (Å²) in [6, 6.07) is 15.8. The maximum Gasteiger partial charge on any atom is 0.415 e. The fourth-order valence-corrected chi connectivity index (χ4v) is 3.86. The van der Waals surface area contributed by atoms with Gasteiger partial charge in [0, 0.05) is 0 Å². The molecule has 0 bridgehead atoms. The molecule has 3 rings (SSSR count). The Morgan fingerprint density at radius 3 is 2.04 bits per heavy atom. The monoisotopic (exact) mass is 316 g/mol. The molecule has 4 heteroatoms. The standard InChI is InChI=1S/C19H20BF3/c21-19(22,23)17-13-7-8-14-18(17)20(15-9-3-1-4-10-15)16-11-5-2-6-12-16/h1,3-4,7-10,13-14,16H,2,5-6,11-12H2. The van der Waals surface area contributed by atoms with Gasteiger partial charge >= 0.3 is 6.18 Å². The second-order valence-electron chi connectivity index (χ2n) is 6.37. The number of hydrogen-bond acceptors (Lipinski definition) is 0. The van der Waals surface area contributed by atoms with Crippen LogP contribution in [0.1, 0.15) is 37.7 Å². The Bertz CT molecular complexity index is 631. The molecule has 1 fully saturated rings. The largest absolute Gasteiger partial charge is 0.415 e. The quantitative estimate of drug-likeness (QED) is 0.723. The van der Waals surface area contributed by atoms with Crippen molar-refractivity contribution >= 4 is 17.6 Å². The number of hydrogen-bond donors (Lipinski definition) is 0. The fraction of sp³-hybridized carbons (Fsp3) is 0.368. The van der Waals surface area contributed by atoms with Crippen molar-refractivity contribution < 1.29 is 13.2 Å². The molecule has 1 aliphatic rings. The third-order valence-corrected chi connectivity index (χ3v) is 4.88. The fourth-order valence-electron chi connectivity index (χ4n) is 3.86. The van der Waals surface area contributed by atoms with Gasteiger partial charge in [-0.05, 0) is 0 Å². The highest BCUT2D eigenvalue weighted by atomic mass is 19.4. The van der Waals surface area contributed by atoms with Crippen molar-refractivity contribution in [1.82, 2.24) is 0 Å². The molecule has 1 saturated carbocycles. The maximum atomic E-state index is 13.5. The smallest absolute Gasteiger partial charge is 0.166 e. The van der Waals surface area contributed by atoms with Crippen LogP contribution in [0.4, 0.5) is 13.2 Å². The highest BCUT2D eigenvalue weighted by molar-refractivity contribution is 6.86. The molecular weight excluding hydrogens is 296 g/mol. The van der Waals surface area contributed by atoms with Gasteiger partial charge in [0.1, 0.15) is 0 Å². The molecule has 2 aromatic rings. The minimum atomic E-state index is -4.31. The summed E-state index contributed by atoms with van der Waals surface area (Å²) >= 11 is 0. The Morgan fingerprint density at radius 2 is 1.39 bits per heavy atom. The average Bonchev–Trinajstić information content (AvgIpc) is 2.57. The second kappa shape index (κ2) is 6.82. The van der Waals surface area contributed by atoms with Gasteiger partial charge in [-0.2, -0.15) is 13.2 Å². The SMILES string of the molecule is FC(F)(F)c1ccccc1B(c1ccccc1)C1CCCCC1. The van der Waals surface area contributed by atoms with E-state index >= 15 is 0 Å². The molecule has 0 unspecified atom stereocenters. The summed E-state index contributed by atoms with van der Waals surface area (Å²) in [6.45, 7) is -0.172. The van der Waals surface area contributed by atoms with E-state index in [2.05, 4.69) is 0 Å². The van der Waals surface area contributed by atoms with Crippen molar-refractivity contribution in [3.05, 3.63) is 60.2 Å². The van der Waals surface area contributed by atoms with Crippen LogP contribution in [-0.2, 0) is 6.18 Å². The van der Waals surface area contributed by atoms with E-state index in [1.165, 1.54) is 18.6 Å². The van der Waals surface area contributed by atoms with Crippen LogP contribution < -0.4 is 10.9 Å². The Kier molecular flexibility index (Phi) is 4.79. The molecule has 0 N–H and O–H groups in total. The highest BCUT2D eigenvalue weighted by Gasteiger charge is 2.39. The average molecular weight is 316 g/mol. The lowest BCUT2D eigenvalue weighted by atomic mass is 9.31. The molecule has 0 amide bonds. The molecule has 1 aliphatic carbocycles. The van der Waals surface area contributed by atoms with Crippen LogP contribution in [0.25, 0.3) is 0 Å². The number of benzene rings is 2. The highest BCUT2D eigenvalue weighted by Crippen LogP contribution is 2.34. The Hall–Kier alpha value is -1.71. The van der Waals surface area contributed by atoms with Crippen molar-refractivity contribution in [3.8, 4) is 0 Å². The first-order chi connectivity index (χ1) is 11.1. The first kappa shape index (κ1) is 16.2. The van der Waals surface area contributed by atoms with Crippen molar-refractivity contribution in [1.29, 1.82) is 0 Å². The van der Waals surface area contributed by atoms with Crippen LogP contribution in [0.3, 0.4) is 0 Å². The van der Waals surface area contributed by atoms with Gasteiger partial charge in [-0.15, -0.1) is 0 Å². The number of rotatable bonds is 3. The topological polar surface area (TPSA) is 0 Å². The third-order valence-electron chi connectivity index (χ3n) is 4.88. The van der Waals surface area contributed by atoms with Crippen molar-refractivity contribution in [3.63, 3.8) is 0 Å². The molecule has 120 valence electrons. The third kappa shape index (κ3) is 3.62. The van der Waals surface area contributed by atoms with E-state index in [-0.39, 0.29) is 12.5 Å². The first-order valence-corrected chi connectivity index (χ1v) is 8.28. The van der Waals surface area contributed by atoms with E-state index in [1.807, 2.05) is 30.3 Å². The molecule has 0 aromatic heterocycles. The normalized spacial score (nSPS) is 16.3. The van der Waals surface area contributed by atoms with Gasteiger partial charge in [0.2, 0.25) is 6.71 Å². The summed E-state index contributed by atoms with van der Waals surface area (Å²) in [5, 5.41) is 0. The lowest BCUT2D eigenvalue weighted by Gasteiger charge is -2.30. The predicted molar refractivity (Wildman–Crippen MR) is 89.7 cm³/mol. The van der Waals surface area contributed by atoms with E-state index in [1.54, 1.807) is 12.1 Å². The zero-order chi connectivity index (χ0) is 16.3. The zero-order valence-electron chi connectivity index (χ0n) is 13.0. The van der Waals surface area contributed by atoms with Crippen LogP contribution in [0.5, 0.6) is 0 Å². The van der Waals surface area contributed by atoms with Crippen molar-refractivity contribution in [2.75, 3.05) is 0 Å². The minimum absolute atomic E-state index is 0.172. The van der Waals surface area contributed by atoms with Gasteiger partial charge < -0.3 is 0 Å².